The number of carbonyl (C=O) groups is 2. The summed E-state index contributed by atoms with van der Waals surface area (Å²) in [4.78, 5) is 27.9. The van der Waals surface area contributed by atoms with Gasteiger partial charge in [0.1, 0.15) is 5.58 Å². The van der Waals surface area contributed by atoms with Crippen molar-refractivity contribution in [2.75, 3.05) is 18.0 Å². The van der Waals surface area contributed by atoms with Crippen molar-refractivity contribution in [2.24, 2.45) is 5.92 Å². The van der Waals surface area contributed by atoms with E-state index in [2.05, 4.69) is 30.0 Å². The standard InChI is InChI=1S/C29H33NO3/c1-2-3-4-10-17-30(19-20-11-6-5-7-12-20)21-15-16-24-25(18-21)33-29-26(24)22-13-8-9-14-23(22)27(31)28(29)32/h8-9,13-16,18,20H,2-7,10-12,17,19H2,1H3. The summed E-state index contributed by atoms with van der Waals surface area (Å²) in [5.74, 6) is -0.0866. The Morgan fingerprint density at radius 1 is 0.909 bits per heavy atom. The molecule has 0 unspecified atom stereocenters. The van der Waals surface area contributed by atoms with E-state index >= 15 is 0 Å². The maximum Gasteiger partial charge on any atom is 0.269 e. The number of rotatable bonds is 8. The van der Waals surface area contributed by atoms with Crippen molar-refractivity contribution in [3.63, 3.8) is 0 Å². The molecule has 33 heavy (non-hydrogen) atoms. The summed E-state index contributed by atoms with van der Waals surface area (Å²) in [7, 11) is 0. The second-order valence-electron chi connectivity index (χ2n) is 9.70. The molecule has 1 heterocycles. The van der Waals surface area contributed by atoms with E-state index in [0.29, 0.717) is 11.1 Å². The third-order valence-electron chi connectivity index (χ3n) is 7.38. The summed E-state index contributed by atoms with van der Waals surface area (Å²) in [5.41, 5.74) is 3.87. The molecule has 4 heteroatoms. The van der Waals surface area contributed by atoms with E-state index in [1.807, 2.05) is 12.1 Å². The molecule has 2 aliphatic rings. The van der Waals surface area contributed by atoms with Crippen molar-refractivity contribution >= 4 is 28.2 Å². The Hall–Kier alpha value is -2.88. The number of benzene rings is 2. The summed E-state index contributed by atoms with van der Waals surface area (Å²) in [6.07, 6.45) is 11.6. The van der Waals surface area contributed by atoms with Crippen LogP contribution < -0.4 is 4.90 Å². The molecule has 0 N–H and O–H groups in total. The van der Waals surface area contributed by atoms with E-state index in [1.165, 1.54) is 57.8 Å². The summed E-state index contributed by atoms with van der Waals surface area (Å²) in [5, 5.41) is 0.908. The first-order valence-corrected chi connectivity index (χ1v) is 12.7. The topological polar surface area (TPSA) is 50.5 Å². The summed E-state index contributed by atoms with van der Waals surface area (Å²) < 4.78 is 6.06. The van der Waals surface area contributed by atoms with Crippen molar-refractivity contribution in [1.82, 2.24) is 0 Å². The van der Waals surface area contributed by atoms with Gasteiger partial charge in [-0.1, -0.05) is 69.7 Å². The van der Waals surface area contributed by atoms with Gasteiger partial charge in [0.2, 0.25) is 5.78 Å². The first kappa shape index (κ1) is 21.9. The molecule has 1 saturated carbocycles. The fourth-order valence-corrected chi connectivity index (χ4v) is 5.57. The predicted molar refractivity (Wildman–Crippen MR) is 133 cm³/mol. The molecule has 0 amide bonds. The number of nitrogens with zero attached hydrogens (tertiary/aromatic N) is 1. The molecule has 1 aromatic heterocycles. The maximum atomic E-state index is 12.8. The highest BCUT2D eigenvalue weighted by molar-refractivity contribution is 6.53. The smallest absolute Gasteiger partial charge is 0.269 e. The van der Waals surface area contributed by atoms with E-state index in [-0.39, 0.29) is 5.76 Å². The molecular weight excluding hydrogens is 410 g/mol. The Bertz CT molecular complexity index is 1170. The van der Waals surface area contributed by atoms with Crippen LogP contribution in [0.2, 0.25) is 0 Å². The third kappa shape index (κ3) is 4.23. The fourth-order valence-electron chi connectivity index (χ4n) is 5.57. The van der Waals surface area contributed by atoms with Gasteiger partial charge in [-0.2, -0.15) is 0 Å². The van der Waals surface area contributed by atoms with Gasteiger partial charge in [-0.25, -0.2) is 0 Å². The minimum atomic E-state index is -0.542. The molecule has 2 aliphatic carbocycles. The lowest BCUT2D eigenvalue weighted by Gasteiger charge is -2.31. The van der Waals surface area contributed by atoms with Crippen molar-refractivity contribution in [3.8, 4) is 11.1 Å². The molecule has 3 aromatic rings. The maximum absolute atomic E-state index is 12.8. The minimum absolute atomic E-state index is 0.188. The molecule has 5 rings (SSSR count). The van der Waals surface area contributed by atoms with E-state index in [9.17, 15) is 9.59 Å². The fraction of sp³-hybridized carbons (Fsp3) is 0.448. The largest absolute Gasteiger partial charge is 0.452 e. The van der Waals surface area contributed by atoms with Crippen LogP contribution in [0, 0.1) is 5.92 Å². The Kier molecular flexibility index (Phi) is 6.34. The molecule has 172 valence electrons. The highest BCUT2D eigenvalue weighted by Crippen LogP contribution is 2.42. The highest BCUT2D eigenvalue weighted by atomic mass is 16.3. The molecular formula is C29H33NO3. The number of unbranched alkanes of at least 4 members (excludes halogenated alkanes) is 3. The van der Waals surface area contributed by atoms with Crippen LogP contribution in [0.25, 0.3) is 22.1 Å². The quantitative estimate of drug-likeness (QED) is 0.268. The van der Waals surface area contributed by atoms with Crippen LogP contribution in [0.4, 0.5) is 5.69 Å². The van der Waals surface area contributed by atoms with Crippen LogP contribution in [0.5, 0.6) is 0 Å². The molecule has 4 nitrogen and oxygen atoms in total. The molecule has 0 radical (unpaired) electrons. The van der Waals surface area contributed by atoms with E-state index in [1.54, 1.807) is 12.1 Å². The number of ketones is 2. The Morgan fingerprint density at radius 3 is 2.48 bits per heavy atom. The van der Waals surface area contributed by atoms with E-state index in [0.717, 1.165) is 41.2 Å². The first-order valence-electron chi connectivity index (χ1n) is 12.7. The zero-order chi connectivity index (χ0) is 22.8. The molecule has 0 saturated heterocycles. The zero-order valence-electron chi connectivity index (χ0n) is 19.6. The molecule has 1 fully saturated rings. The number of hydrogen-bond donors (Lipinski definition) is 0. The zero-order valence-corrected chi connectivity index (χ0v) is 19.6. The van der Waals surface area contributed by atoms with Crippen LogP contribution >= 0.6 is 0 Å². The van der Waals surface area contributed by atoms with Crippen molar-refractivity contribution in [2.45, 2.75) is 64.7 Å². The summed E-state index contributed by atoms with van der Waals surface area (Å²) >= 11 is 0. The Balaban J connectivity index is 1.49. The van der Waals surface area contributed by atoms with Gasteiger partial charge in [-0.05, 0) is 42.9 Å². The summed E-state index contributed by atoms with van der Waals surface area (Å²) in [6.45, 7) is 4.37. The van der Waals surface area contributed by atoms with Gasteiger partial charge in [0.25, 0.3) is 5.78 Å². The average molecular weight is 444 g/mol. The average Bonchev–Trinajstić information content (AvgIpc) is 3.24. The molecule has 0 aliphatic heterocycles. The Labute approximate surface area is 196 Å². The monoisotopic (exact) mass is 443 g/mol. The van der Waals surface area contributed by atoms with E-state index in [4.69, 9.17) is 4.42 Å². The second kappa shape index (κ2) is 9.54. The van der Waals surface area contributed by atoms with Gasteiger partial charge in [-0.15, -0.1) is 0 Å². The lowest BCUT2D eigenvalue weighted by molar-refractivity contribution is 0.0800. The first-order chi connectivity index (χ1) is 16.2. The Morgan fingerprint density at radius 2 is 1.70 bits per heavy atom. The van der Waals surface area contributed by atoms with Crippen LogP contribution in [-0.4, -0.2) is 24.7 Å². The van der Waals surface area contributed by atoms with Gasteiger partial charge in [0, 0.05) is 41.4 Å². The number of hydrogen-bond acceptors (Lipinski definition) is 4. The lowest BCUT2D eigenvalue weighted by atomic mass is 9.87. The van der Waals surface area contributed by atoms with Crippen LogP contribution in [0.3, 0.4) is 0 Å². The normalized spacial score (nSPS) is 16.2. The third-order valence-corrected chi connectivity index (χ3v) is 7.38. The molecule has 0 bridgehead atoms. The number of Topliss-reactive ketones (excluding diaryl/α,β-unsaturated/α-hetero) is 2. The van der Waals surface area contributed by atoms with Gasteiger partial charge in [0.15, 0.2) is 5.76 Å². The van der Waals surface area contributed by atoms with E-state index < -0.39 is 11.6 Å². The molecule has 0 spiro atoms. The number of anilines is 1. The van der Waals surface area contributed by atoms with Gasteiger partial charge in [0.05, 0.1) is 0 Å². The molecule has 0 atom stereocenters. The van der Waals surface area contributed by atoms with Gasteiger partial charge >= 0.3 is 0 Å². The van der Waals surface area contributed by atoms with Crippen LogP contribution in [-0.2, 0) is 0 Å². The summed E-state index contributed by atoms with van der Waals surface area (Å²) in [6, 6.07) is 13.7. The van der Waals surface area contributed by atoms with Gasteiger partial charge in [-0.3, -0.25) is 9.59 Å². The number of furan rings is 1. The minimum Gasteiger partial charge on any atom is -0.452 e. The lowest BCUT2D eigenvalue weighted by Crippen LogP contribution is -2.31. The SMILES string of the molecule is CCCCCCN(CC1CCCCC1)c1ccc2c3c(oc2c1)C(=O)C(=O)c1ccccc1-3. The van der Waals surface area contributed by atoms with Crippen molar-refractivity contribution in [1.29, 1.82) is 0 Å². The number of fused-ring (bicyclic) bond motifs is 5. The number of carbonyl (C=O) groups excluding carboxylic acids is 2. The van der Waals surface area contributed by atoms with Crippen LogP contribution in [0.15, 0.2) is 46.9 Å². The predicted octanol–water partition coefficient (Wildman–Crippen LogP) is 7.45. The van der Waals surface area contributed by atoms with Crippen molar-refractivity contribution < 1.29 is 14.0 Å². The van der Waals surface area contributed by atoms with Gasteiger partial charge < -0.3 is 9.32 Å². The van der Waals surface area contributed by atoms with Crippen molar-refractivity contribution in [3.05, 3.63) is 53.8 Å². The second-order valence-corrected chi connectivity index (χ2v) is 9.70. The molecule has 2 aromatic carbocycles. The highest BCUT2D eigenvalue weighted by Gasteiger charge is 2.35. The van der Waals surface area contributed by atoms with Crippen LogP contribution in [0.1, 0.15) is 85.6 Å².